The number of phenolic OH excluding ortho intramolecular Hbond substituents is 1. The van der Waals surface area contributed by atoms with Crippen molar-refractivity contribution in [3.63, 3.8) is 0 Å². The molecule has 5 N–H and O–H groups in total. The second-order valence-corrected chi connectivity index (χ2v) is 9.13. The third kappa shape index (κ3) is 4.99. The Bertz CT molecular complexity index is 1450. The molecule has 1 aromatic heterocycles. The number of hydrogen-bond donors (Lipinski definition) is 4. The van der Waals surface area contributed by atoms with E-state index in [1.54, 1.807) is 12.1 Å². The summed E-state index contributed by atoms with van der Waals surface area (Å²) in [5, 5.41) is 31.6. The Balaban J connectivity index is 1.57. The highest BCUT2D eigenvalue weighted by Crippen LogP contribution is 2.36. The van der Waals surface area contributed by atoms with Crippen LogP contribution in [-0.4, -0.2) is 81.2 Å². The number of aromatic hydroxyl groups is 1. The van der Waals surface area contributed by atoms with Crippen LogP contribution in [0.25, 0.3) is 32.8 Å². The van der Waals surface area contributed by atoms with E-state index in [0.717, 1.165) is 27.3 Å². The highest BCUT2D eigenvalue weighted by molar-refractivity contribution is 6.01. The summed E-state index contributed by atoms with van der Waals surface area (Å²) in [5.74, 6) is 0.127. The molecule has 0 saturated carbocycles. The Kier molecular flexibility index (Phi) is 6.79. The number of rotatable bonds is 6. The van der Waals surface area contributed by atoms with Crippen LogP contribution in [0.4, 0.5) is 5.82 Å². The number of carbonyl (C=O) groups is 1. The van der Waals surface area contributed by atoms with Gasteiger partial charge in [-0.3, -0.25) is 4.79 Å². The van der Waals surface area contributed by atoms with Crippen LogP contribution in [0.5, 0.6) is 11.8 Å². The lowest BCUT2D eigenvalue weighted by molar-refractivity contribution is -0.159. The number of phenols is 1. The van der Waals surface area contributed by atoms with E-state index in [4.69, 9.17) is 10.5 Å². The molecule has 0 radical (unpaired) electrons. The molecule has 1 amide bonds. The minimum atomic E-state index is -2.02. The van der Waals surface area contributed by atoms with Gasteiger partial charge in [-0.15, -0.1) is 0 Å². The molecule has 5 rings (SSSR count). The molecule has 3 aromatic carbocycles. The molecule has 4 aromatic rings. The molecule has 0 unspecified atom stereocenters. The van der Waals surface area contributed by atoms with E-state index in [-0.39, 0.29) is 17.9 Å². The molecule has 1 atom stereocenters. The molecule has 1 aliphatic rings. The number of aliphatic hydroxyl groups excluding tert-OH is 1. The summed E-state index contributed by atoms with van der Waals surface area (Å²) in [6, 6.07) is 17.4. The van der Waals surface area contributed by atoms with Gasteiger partial charge in [-0.25, -0.2) is 0 Å². The van der Waals surface area contributed by atoms with Gasteiger partial charge in [0, 0.05) is 38.1 Å². The quantitative estimate of drug-likeness (QED) is 0.290. The normalized spacial score (nSPS) is 14.9. The van der Waals surface area contributed by atoms with Gasteiger partial charge in [-0.2, -0.15) is 9.97 Å². The van der Waals surface area contributed by atoms with Crippen molar-refractivity contribution in [3.8, 4) is 22.9 Å². The highest BCUT2D eigenvalue weighted by Gasteiger charge is 2.27. The standard InChI is InChI=1S/C27H29N5O5/c1-16(15-28)37-27-29-23-13-18(22-14-19(33)12-17-4-2-3-5-20(17)22)6-7-21(23)24(30-27)31-8-10-32(11-9-31)25(34)26(35)36/h2-7,12-14,16,26,33,35-36H,8-11,15,28H2,1H3/t16-/m1/s1. The van der Waals surface area contributed by atoms with Crippen molar-refractivity contribution in [3.05, 3.63) is 54.6 Å². The Hall–Kier alpha value is -3.99. The van der Waals surface area contributed by atoms with Gasteiger partial charge in [0.2, 0.25) is 6.29 Å². The Morgan fingerprint density at radius 2 is 1.78 bits per heavy atom. The molecule has 1 aliphatic heterocycles. The van der Waals surface area contributed by atoms with Crippen molar-refractivity contribution < 1.29 is 24.9 Å². The number of aromatic nitrogens is 2. The SMILES string of the molecule is C[C@H](CN)Oc1nc(N2CCN(C(=O)C(O)O)CC2)c2ccc(-c3cc(O)cc4ccccc34)cc2n1. The first-order chi connectivity index (χ1) is 17.8. The molecule has 1 saturated heterocycles. The van der Waals surface area contributed by atoms with Crippen molar-refractivity contribution >= 4 is 33.4 Å². The third-order valence-electron chi connectivity index (χ3n) is 6.56. The summed E-state index contributed by atoms with van der Waals surface area (Å²) in [6.07, 6.45) is -2.31. The maximum atomic E-state index is 12.0. The monoisotopic (exact) mass is 503 g/mol. The molecule has 2 heterocycles. The second kappa shape index (κ2) is 10.2. The number of amides is 1. The highest BCUT2D eigenvalue weighted by atomic mass is 16.5. The molecular formula is C27H29N5O5. The summed E-state index contributed by atoms with van der Waals surface area (Å²) in [5.41, 5.74) is 8.18. The number of benzene rings is 3. The summed E-state index contributed by atoms with van der Waals surface area (Å²) < 4.78 is 5.88. The molecule has 0 spiro atoms. The first-order valence-corrected chi connectivity index (χ1v) is 12.1. The van der Waals surface area contributed by atoms with Crippen LogP contribution in [0.15, 0.2) is 54.6 Å². The van der Waals surface area contributed by atoms with Gasteiger partial charge in [-0.1, -0.05) is 30.3 Å². The Labute approximate surface area is 213 Å². The van der Waals surface area contributed by atoms with Gasteiger partial charge in [0.1, 0.15) is 17.7 Å². The smallest absolute Gasteiger partial charge is 0.319 e. The van der Waals surface area contributed by atoms with E-state index in [1.165, 1.54) is 4.90 Å². The fourth-order valence-electron chi connectivity index (χ4n) is 4.62. The molecule has 10 nitrogen and oxygen atoms in total. The fourth-order valence-corrected chi connectivity index (χ4v) is 4.62. The summed E-state index contributed by atoms with van der Waals surface area (Å²) >= 11 is 0. The van der Waals surface area contributed by atoms with E-state index in [1.807, 2.05) is 54.3 Å². The number of fused-ring (bicyclic) bond motifs is 2. The predicted octanol–water partition coefficient (Wildman–Crippen LogP) is 1.84. The van der Waals surface area contributed by atoms with Crippen LogP contribution < -0.4 is 15.4 Å². The van der Waals surface area contributed by atoms with Crippen molar-refractivity contribution in [1.82, 2.24) is 14.9 Å². The zero-order valence-corrected chi connectivity index (χ0v) is 20.4. The van der Waals surface area contributed by atoms with Gasteiger partial charge < -0.3 is 35.6 Å². The van der Waals surface area contributed by atoms with E-state index in [9.17, 15) is 20.1 Å². The first-order valence-electron chi connectivity index (χ1n) is 12.1. The van der Waals surface area contributed by atoms with E-state index in [0.29, 0.717) is 44.1 Å². The van der Waals surface area contributed by atoms with Gasteiger partial charge >= 0.3 is 6.01 Å². The number of anilines is 1. The Morgan fingerprint density at radius 3 is 2.51 bits per heavy atom. The van der Waals surface area contributed by atoms with Crippen molar-refractivity contribution in [2.24, 2.45) is 5.73 Å². The van der Waals surface area contributed by atoms with Gasteiger partial charge in [-0.05, 0) is 53.1 Å². The van der Waals surface area contributed by atoms with Crippen molar-refractivity contribution in [1.29, 1.82) is 0 Å². The minimum Gasteiger partial charge on any atom is -0.508 e. The lowest BCUT2D eigenvalue weighted by Crippen LogP contribution is -2.51. The summed E-state index contributed by atoms with van der Waals surface area (Å²) in [6.45, 7) is 3.70. The zero-order chi connectivity index (χ0) is 26.1. The van der Waals surface area contributed by atoms with Crippen LogP contribution in [0, 0.1) is 0 Å². The van der Waals surface area contributed by atoms with Crippen LogP contribution in [-0.2, 0) is 4.79 Å². The summed E-state index contributed by atoms with van der Waals surface area (Å²) in [7, 11) is 0. The average molecular weight is 504 g/mol. The number of nitrogens with two attached hydrogens (primary N) is 1. The largest absolute Gasteiger partial charge is 0.508 e. The number of hydrogen-bond acceptors (Lipinski definition) is 9. The average Bonchev–Trinajstić information content (AvgIpc) is 2.91. The Morgan fingerprint density at radius 1 is 1.03 bits per heavy atom. The number of aliphatic hydroxyl groups is 2. The zero-order valence-electron chi connectivity index (χ0n) is 20.4. The maximum Gasteiger partial charge on any atom is 0.319 e. The molecular weight excluding hydrogens is 474 g/mol. The second-order valence-electron chi connectivity index (χ2n) is 9.13. The predicted molar refractivity (Wildman–Crippen MR) is 140 cm³/mol. The number of nitrogens with zero attached hydrogens (tertiary/aromatic N) is 4. The van der Waals surface area contributed by atoms with Gasteiger partial charge in [0.15, 0.2) is 0 Å². The van der Waals surface area contributed by atoms with Crippen LogP contribution in [0.3, 0.4) is 0 Å². The number of carbonyl (C=O) groups excluding carboxylic acids is 1. The summed E-state index contributed by atoms with van der Waals surface area (Å²) in [4.78, 5) is 24.8. The molecule has 10 heteroatoms. The van der Waals surface area contributed by atoms with Crippen molar-refractivity contribution in [2.75, 3.05) is 37.6 Å². The van der Waals surface area contributed by atoms with E-state index >= 15 is 0 Å². The van der Waals surface area contributed by atoms with E-state index < -0.39 is 12.2 Å². The topological polar surface area (TPSA) is 145 Å². The molecule has 1 fully saturated rings. The van der Waals surface area contributed by atoms with Gasteiger partial charge in [0.25, 0.3) is 5.91 Å². The third-order valence-corrected chi connectivity index (χ3v) is 6.56. The maximum absolute atomic E-state index is 12.0. The van der Waals surface area contributed by atoms with Crippen LogP contribution >= 0.6 is 0 Å². The lowest BCUT2D eigenvalue weighted by Gasteiger charge is -2.36. The van der Waals surface area contributed by atoms with E-state index in [2.05, 4.69) is 9.97 Å². The number of ether oxygens (including phenoxy) is 1. The first kappa shape index (κ1) is 24.7. The van der Waals surface area contributed by atoms with Gasteiger partial charge in [0.05, 0.1) is 5.52 Å². The van der Waals surface area contributed by atoms with Crippen LogP contribution in [0.1, 0.15) is 6.92 Å². The van der Waals surface area contributed by atoms with Crippen LogP contribution in [0.2, 0.25) is 0 Å². The molecule has 192 valence electrons. The fraction of sp³-hybridized carbons (Fsp3) is 0.296. The molecule has 37 heavy (non-hydrogen) atoms. The minimum absolute atomic E-state index is 0.179. The molecule has 0 bridgehead atoms. The lowest BCUT2D eigenvalue weighted by atomic mass is 9.97. The number of piperazine rings is 1. The van der Waals surface area contributed by atoms with Crippen molar-refractivity contribution in [2.45, 2.75) is 19.3 Å². The molecule has 0 aliphatic carbocycles.